The highest BCUT2D eigenvalue weighted by molar-refractivity contribution is 6.04. The van der Waals surface area contributed by atoms with Crippen LogP contribution in [0, 0.1) is 18.8 Å². The molecule has 2 heterocycles. The van der Waals surface area contributed by atoms with E-state index in [1.54, 1.807) is 6.92 Å². The highest BCUT2D eigenvalue weighted by atomic mass is 19.1. The molecular formula is C11H8F2N2O2. The van der Waals surface area contributed by atoms with Gasteiger partial charge in [0.2, 0.25) is 11.9 Å². The molecule has 0 fully saturated rings. The Labute approximate surface area is 95.3 Å². The van der Waals surface area contributed by atoms with Gasteiger partial charge in [-0.1, -0.05) is 0 Å². The first kappa shape index (κ1) is 11.3. The fourth-order valence-corrected chi connectivity index (χ4v) is 1.26. The van der Waals surface area contributed by atoms with Gasteiger partial charge in [-0.15, -0.1) is 0 Å². The molecule has 2 aromatic rings. The maximum absolute atomic E-state index is 13.1. The van der Waals surface area contributed by atoms with Gasteiger partial charge < -0.3 is 9.73 Å². The summed E-state index contributed by atoms with van der Waals surface area (Å²) in [6.07, 6.45) is 1.25. The van der Waals surface area contributed by atoms with Crippen LogP contribution in [-0.2, 0) is 0 Å². The van der Waals surface area contributed by atoms with Crippen LogP contribution in [0.5, 0.6) is 0 Å². The van der Waals surface area contributed by atoms with Crippen molar-refractivity contribution in [2.24, 2.45) is 0 Å². The zero-order valence-electron chi connectivity index (χ0n) is 8.83. The molecule has 0 aliphatic rings. The summed E-state index contributed by atoms with van der Waals surface area (Å²) in [5.41, 5.74) is 0.0708. The molecule has 2 aromatic heterocycles. The number of furan rings is 1. The second-order valence-electron chi connectivity index (χ2n) is 3.37. The molecular weight excluding hydrogens is 230 g/mol. The Morgan fingerprint density at radius 2 is 2.18 bits per heavy atom. The van der Waals surface area contributed by atoms with Crippen LogP contribution in [0.3, 0.4) is 0 Å². The maximum Gasteiger partial charge on any atom is 0.259 e. The van der Waals surface area contributed by atoms with Crippen molar-refractivity contribution in [1.29, 1.82) is 0 Å². The van der Waals surface area contributed by atoms with Crippen LogP contribution in [0.1, 0.15) is 16.1 Å². The number of anilines is 1. The Kier molecular flexibility index (Phi) is 2.86. The summed E-state index contributed by atoms with van der Waals surface area (Å²) in [4.78, 5) is 14.6. The molecule has 0 bridgehead atoms. The van der Waals surface area contributed by atoms with Gasteiger partial charge in [0.1, 0.15) is 12.0 Å². The van der Waals surface area contributed by atoms with Crippen LogP contribution in [-0.4, -0.2) is 10.9 Å². The number of aryl methyl sites for hydroxylation is 1. The molecule has 0 aliphatic heterocycles. The first-order valence-corrected chi connectivity index (χ1v) is 4.75. The highest BCUT2D eigenvalue weighted by Gasteiger charge is 2.12. The van der Waals surface area contributed by atoms with Gasteiger partial charge in [0.05, 0.1) is 11.3 Å². The minimum Gasteiger partial charge on any atom is -0.469 e. The number of hydrogen-bond acceptors (Lipinski definition) is 3. The highest BCUT2D eigenvalue weighted by Crippen LogP contribution is 2.14. The fraction of sp³-hybridized carbons (Fsp3) is 0.0909. The molecule has 0 aliphatic carbocycles. The van der Waals surface area contributed by atoms with Crippen molar-refractivity contribution in [3.63, 3.8) is 0 Å². The van der Waals surface area contributed by atoms with Crippen LogP contribution < -0.4 is 5.32 Å². The van der Waals surface area contributed by atoms with E-state index in [-0.39, 0.29) is 11.3 Å². The molecule has 0 aromatic carbocycles. The van der Waals surface area contributed by atoms with Gasteiger partial charge in [0.25, 0.3) is 5.91 Å². The summed E-state index contributed by atoms with van der Waals surface area (Å²) in [7, 11) is 0. The molecule has 0 unspecified atom stereocenters. The largest absolute Gasteiger partial charge is 0.469 e. The molecule has 1 N–H and O–H groups in total. The quantitative estimate of drug-likeness (QED) is 0.818. The lowest BCUT2D eigenvalue weighted by molar-refractivity contribution is 0.102. The minimum atomic E-state index is -1.07. The lowest BCUT2D eigenvalue weighted by Crippen LogP contribution is -2.12. The molecule has 0 saturated heterocycles. The Morgan fingerprint density at radius 1 is 1.41 bits per heavy atom. The summed E-state index contributed by atoms with van der Waals surface area (Å²) in [6, 6.07) is 3.56. The van der Waals surface area contributed by atoms with Gasteiger partial charge in [-0.05, 0) is 25.1 Å². The summed E-state index contributed by atoms with van der Waals surface area (Å²) in [5, 5.41) is 2.26. The third-order valence-corrected chi connectivity index (χ3v) is 2.06. The number of amides is 1. The van der Waals surface area contributed by atoms with E-state index in [1.165, 1.54) is 12.3 Å². The molecule has 0 atom stereocenters. The lowest BCUT2D eigenvalue weighted by Gasteiger charge is -2.03. The van der Waals surface area contributed by atoms with E-state index in [2.05, 4.69) is 10.3 Å². The van der Waals surface area contributed by atoms with Gasteiger partial charge in [-0.3, -0.25) is 4.79 Å². The second-order valence-corrected chi connectivity index (χ2v) is 3.37. The first-order valence-electron chi connectivity index (χ1n) is 4.75. The summed E-state index contributed by atoms with van der Waals surface area (Å²) in [5.74, 6) is -2.00. The summed E-state index contributed by atoms with van der Waals surface area (Å²) < 4.78 is 30.6. The van der Waals surface area contributed by atoms with Crippen LogP contribution in [0.25, 0.3) is 0 Å². The van der Waals surface area contributed by atoms with E-state index in [0.29, 0.717) is 5.76 Å². The predicted octanol–water partition coefficient (Wildman–Crippen LogP) is 2.51. The van der Waals surface area contributed by atoms with Crippen molar-refractivity contribution in [2.45, 2.75) is 6.92 Å². The standard InChI is InChI=1S/C11H8F2N2O2/c1-6-4-7(5-17-6)11(16)14-8-2-3-9(12)15-10(8)13/h2-5H,1H3,(H,14,16). The van der Waals surface area contributed by atoms with Crippen molar-refractivity contribution >= 4 is 11.6 Å². The van der Waals surface area contributed by atoms with Crippen LogP contribution in [0.2, 0.25) is 0 Å². The number of hydrogen-bond donors (Lipinski definition) is 1. The molecule has 6 heteroatoms. The van der Waals surface area contributed by atoms with Gasteiger partial charge >= 0.3 is 0 Å². The number of halogens is 2. The maximum atomic E-state index is 13.1. The number of carbonyl (C=O) groups is 1. The monoisotopic (exact) mass is 238 g/mol. The average Bonchev–Trinajstić information content (AvgIpc) is 2.69. The average molecular weight is 238 g/mol. The van der Waals surface area contributed by atoms with Crippen LogP contribution >= 0.6 is 0 Å². The summed E-state index contributed by atoms with van der Waals surface area (Å²) >= 11 is 0. The SMILES string of the molecule is Cc1cc(C(=O)Nc2ccc(F)nc2F)co1. The number of carbonyl (C=O) groups excluding carboxylic acids is 1. The third-order valence-electron chi connectivity index (χ3n) is 2.06. The zero-order valence-corrected chi connectivity index (χ0v) is 8.83. The molecule has 0 saturated carbocycles. The fourth-order valence-electron chi connectivity index (χ4n) is 1.26. The Balaban J connectivity index is 2.18. The second kappa shape index (κ2) is 4.32. The number of nitrogens with zero attached hydrogens (tertiary/aromatic N) is 1. The van der Waals surface area contributed by atoms with E-state index in [9.17, 15) is 13.6 Å². The van der Waals surface area contributed by atoms with Crippen molar-refractivity contribution in [3.05, 3.63) is 47.7 Å². The molecule has 0 spiro atoms. The first-order chi connectivity index (χ1) is 8.06. The topological polar surface area (TPSA) is 55.1 Å². The molecule has 1 amide bonds. The Morgan fingerprint density at radius 3 is 2.76 bits per heavy atom. The van der Waals surface area contributed by atoms with Crippen molar-refractivity contribution in [1.82, 2.24) is 4.98 Å². The smallest absolute Gasteiger partial charge is 0.259 e. The molecule has 2 rings (SSSR count). The van der Waals surface area contributed by atoms with Crippen molar-refractivity contribution < 1.29 is 18.0 Å². The zero-order chi connectivity index (χ0) is 12.4. The molecule has 88 valence electrons. The Hall–Kier alpha value is -2.24. The lowest BCUT2D eigenvalue weighted by atomic mass is 10.3. The van der Waals surface area contributed by atoms with E-state index < -0.39 is 17.8 Å². The van der Waals surface area contributed by atoms with Crippen molar-refractivity contribution in [2.75, 3.05) is 5.32 Å². The van der Waals surface area contributed by atoms with Crippen molar-refractivity contribution in [3.8, 4) is 0 Å². The third kappa shape index (κ3) is 2.47. The number of aromatic nitrogens is 1. The molecule has 0 radical (unpaired) electrons. The number of nitrogens with one attached hydrogen (secondary N) is 1. The van der Waals surface area contributed by atoms with E-state index in [1.807, 2.05) is 0 Å². The van der Waals surface area contributed by atoms with Gasteiger partial charge in [0, 0.05) is 0 Å². The van der Waals surface area contributed by atoms with Gasteiger partial charge in [-0.25, -0.2) is 0 Å². The van der Waals surface area contributed by atoms with Crippen LogP contribution in [0.15, 0.2) is 28.9 Å². The molecule has 17 heavy (non-hydrogen) atoms. The number of rotatable bonds is 2. The predicted molar refractivity (Wildman–Crippen MR) is 55.6 cm³/mol. The Bertz CT molecular complexity index is 566. The van der Waals surface area contributed by atoms with E-state index in [4.69, 9.17) is 4.42 Å². The van der Waals surface area contributed by atoms with E-state index in [0.717, 1.165) is 12.1 Å². The summed E-state index contributed by atoms with van der Waals surface area (Å²) in [6.45, 7) is 1.68. The van der Waals surface area contributed by atoms with Gasteiger partial charge in [0.15, 0.2) is 0 Å². The number of pyridine rings is 1. The normalized spacial score (nSPS) is 10.3. The minimum absolute atomic E-state index is 0.185. The molecule has 4 nitrogen and oxygen atoms in total. The van der Waals surface area contributed by atoms with E-state index >= 15 is 0 Å². The van der Waals surface area contributed by atoms with Gasteiger partial charge in [-0.2, -0.15) is 13.8 Å². The van der Waals surface area contributed by atoms with Crippen LogP contribution in [0.4, 0.5) is 14.5 Å².